The predicted molar refractivity (Wildman–Crippen MR) is 118 cm³/mol. The van der Waals surface area contributed by atoms with Gasteiger partial charge < -0.3 is 10.4 Å². The van der Waals surface area contributed by atoms with E-state index in [1.54, 1.807) is 0 Å². The standard InChI is InChI=1S/C25H25N3O2/c26-15-17-9-8-16(14-21(17)27-18-10-12-19(29)13-11-18)25-20-4-1-2-5-22(20)28-23(25)6-3-7-24(28)30/h1-2,4-5,8-9,14,18-19,27,29H,3,6-7,10-13H2/t18-,19-. The third-order valence-corrected chi connectivity index (χ3v) is 6.51. The molecule has 5 rings (SSSR count). The summed E-state index contributed by atoms with van der Waals surface area (Å²) in [6, 6.07) is 16.6. The minimum absolute atomic E-state index is 0.159. The van der Waals surface area contributed by atoms with E-state index >= 15 is 0 Å². The Bertz CT molecular complexity index is 1160. The smallest absolute Gasteiger partial charge is 0.231 e. The van der Waals surface area contributed by atoms with Gasteiger partial charge in [0.05, 0.1) is 22.9 Å². The molecule has 1 aromatic heterocycles. The Morgan fingerprint density at radius 3 is 2.67 bits per heavy atom. The summed E-state index contributed by atoms with van der Waals surface area (Å²) in [6.07, 6.45) is 5.50. The highest BCUT2D eigenvalue weighted by Gasteiger charge is 2.26. The first kappa shape index (κ1) is 18.9. The Hall–Kier alpha value is -3.10. The highest BCUT2D eigenvalue weighted by Crippen LogP contribution is 2.39. The molecule has 2 aromatic carbocycles. The lowest BCUT2D eigenvalue weighted by molar-refractivity contribution is 0.0890. The fourth-order valence-corrected chi connectivity index (χ4v) is 5.01. The number of nitrogens with zero attached hydrogens (tertiary/aromatic N) is 2. The number of rotatable bonds is 3. The second kappa shape index (κ2) is 7.62. The Balaban J connectivity index is 1.61. The van der Waals surface area contributed by atoms with E-state index in [4.69, 9.17) is 0 Å². The molecule has 152 valence electrons. The van der Waals surface area contributed by atoms with Crippen molar-refractivity contribution in [1.82, 2.24) is 4.57 Å². The van der Waals surface area contributed by atoms with Crippen molar-refractivity contribution in [1.29, 1.82) is 5.26 Å². The molecule has 0 bridgehead atoms. The van der Waals surface area contributed by atoms with Gasteiger partial charge in [0.1, 0.15) is 6.07 Å². The van der Waals surface area contributed by atoms with E-state index in [-0.39, 0.29) is 18.1 Å². The molecule has 1 fully saturated rings. The van der Waals surface area contributed by atoms with Crippen LogP contribution in [0.15, 0.2) is 42.5 Å². The Morgan fingerprint density at radius 1 is 1.07 bits per heavy atom. The van der Waals surface area contributed by atoms with Crippen molar-refractivity contribution in [2.45, 2.75) is 57.1 Å². The van der Waals surface area contributed by atoms with Crippen LogP contribution in [-0.4, -0.2) is 27.7 Å². The van der Waals surface area contributed by atoms with Crippen LogP contribution in [0.25, 0.3) is 22.0 Å². The van der Waals surface area contributed by atoms with Crippen LogP contribution in [0.3, 0.4) is 0 Å². The van der Waals surface area contributed by atoms with Gasteiger partial charge in [-0.1, -0.05) is 24.3 Å². The summed E-state index contributed by atoms with van der Waals surface area (Å²) in [5.41, 5.74) is 5.63. The number of aliphatic hydroxyl groups excluding tert-OH is 1. The summed E-state index contributed by atoms with van der Waals surface area (Å²) in [5.74, 6) is 0.159. The maximum atomic E-state index is 12.7. The number of para-hydroxylation sites is 1. The van der Waals surface area contributed by atoms with E-state index in [0.29, 0.717) is 12.0 Å². The molecule has 0 unspecified atom stereocenters. The van der Waals surface area contributed by atoms with Gasteiger partial charge in [-0.05, 0) is 62.3 Å². The number of aliphatic hydroxyl groups is 1. The summed E-state index contributed by atoms with van der Waals surface area (Å²) in [4.78, 5) is 12.7. The van der Waals surface area contributed by atoms with Crippen molar-refractivity contribution >= 4 is 22.5 Å². The number of carbonyl (C=O) groups excluding carboxylic acids is 1. The van der Waals surface area contributed by atoms with Crippen molar-refractivity contribution in [2.24, 2.45) is 0 Å². The molecule has 0 amide bonds. The molecule has 0 atom stereocenters. The van der Waals surface area contributed by atoms with Gasteiger partial charge in [0.2, 0.25) is 5.91 Å². The summed E-state index contributed by atoms with van der Waals surface area (Å²) >= 11 is 0. The van der Waals surface area contributed by atoms with Gasteiger partial charge in [0.15, 0.2) is 0 Å². The maximum absolute atomic E-state index is 12.7. The number of nitriles is 1. The molecule has 0 radical (unpaired) electrons. The molecule has 1 aliphatic carbocycles. The van der Waals surface area contributed by atoms with E-state index in [1.165, 1.54) is 0 Å². The van der Waals surface area contributed by atoms with Gasteiger partial charge in [-0.2, -0.15) is 5.26 Å². The zero-order valence-corrected chi connectivity index (χ0v) is 16.9. The number of benzene rings is 2. The molecule has 5 nitrogen and oxygen atoms in total. The fraction of sp³-hybridized carbons (Fsp3) is 0.360. The first-order valence-corrected chi connectivity index (χ1v) is 10.8. The van der Waals surface area contributed by atoms with Crippen LogP contribution in [0.5, 0.6) is 0 Å². The summed E-state index contributed by atoms with van der Waals surface area (Å²) in [6.45, 7) is 0. The Morgan fingerprint density at radius 2 is 1.87 bits per heavy atom. The minimum Gasteiger partial charge on any atom is -0.393 e. The molecule has 3 aromatic rings. The summed E-state index contributed by atoms with van der Waals surface area (Å²) < 4.78 is 1.89. The molecule has 0 spiro atoms. The number of fused-ring (bicyclic) bond motifs is 3. The number of hydrogen-bond acceptors (Lipinski definition) is 4. The van der Waals surface area contributed by atoms with Gasteiger partial charge in [0.25, 0.3) is 0 Å². The topological polar surface area (TPSA) is 78.0 Å². The SMILES string of the molecule is N#Cc1ccc(-c2c3n(c4ccccc24)C(=O)CCC3)cc1N[C@H]1CC[C@H](O)CC1. The molecular weight excluding hydrogens is 374 g/mol. The molecule has 30 heavy (non-hydrogen) atoms. The van der Waals surface area contributed by atoms with Crippen molar-refractivity contribution in [3.63, 3.8) is 0 Å². The highest BCUT2D eigenvalue weighted by atomic mass is 16.3. The highest BCUT2D eigenvalue weighted by molar-refractivity contribution is 6.04. The van der Waals surface area contributed by atoms with E-state index in [9.17, 15) is 15.2 Å². The number of carbonyl (C=O) groups is 1. The molecule has 1 aliphatic heterocycles. The van der Waals surface area contributed by atoms with E-state index in [0.717, 1.165) is 71.9 Å². The average molecular weight is 399 g/mol. The number of hydrogen-bond donors (Lipinski definition) is 2. The van der Waals surface area contributed by atoms with Crippen molar-refractivity contribution in [3.05, 3.63) is 53.7 Å². The lowest BCUT2D eigenvalue weighted by Crippen LogP contribution is -2.28. The van der Waals surface area contributed by atoms with Crippen LogP contribution in [0, 0.1) is 11.3 Å². The third-order valence-electron chi connectivity index (χ3n) is 6.51. The normalized spacial score (nSPS) is 21.3. The first-order chi connectivity index (χ1) is 14.7. The summed E-state index contributed by atoms with van der Waals surface area (Å²) in [7, 11) is 0. The summed E-state index contributed by atoms with van der Waals surface area (Å²) in [5, 5.41) is 24.1. The van der Waals surface area contributed by atoms with Gasteiger partial charge in [-0.15, -0.1) is 0 Å². The zero-order valence-electron chi connectivity index (χ0n) is 16.9. The van der Waals surface area contributed by atoms with Crippen molar-refractivity contribution < 1.29 is 9.90 Å². The maximum Gasteiger partial charge on any atom is 0.231 e. The molecule has 2 aliphatic rings. The predicted octanol–water partition coefficient (Wildman–Crippen LogP) is 4.87. The molecule has 2 heterocycles. The molecule has 1 saturated carbocycles. The monoisotopic (exact) mass is 399 g/mol. The van der Waals surface area contributed by atoms with Crippen LogP contribution >= 0.6 is 0 Å². The quantitative estimate of drug-likeness (QED) is 0.658. The largest absolute Gasteiger partial charge is 0.393 e. The molecule has 5 heteroatoms. The van der Waals surface area contributed by atoms with E-state index < -0.39 is 0 Å². The lowest BCUT2D eigenvalue weighted by Gasteiger charge is -2.27. The minimum atomic E-state index is -0.207. The van der Waals surface area contributed by atoms with Crippen LogP contribution < -0.4 is 5.32 Å². The fourth-order valence-electron chi connectivity index (χ4n) is 5.01. The lowest BCUT2D eigenvalue weighted by atomic mass is 9.92. The van der Waals surface area contributed by atoms with Crippen LogP contribution in [-0.2, 0) is 6.42 Å². The van der Waals surface area contributed by atoms with Crippen LogP contribution in [0.1, 0.15) is 54.6 Å². The number of nitrogens with one attached hydrogen (secondary N) is 1. The molecular formula is C25H25N3O2. The van der Waals surface area contributed by atoms with Gasteiger partial charge in [-0.3, -0.25) is 9.36 Å². The van der Waals surface area contributed by atoms with E-state index in [2.05, 4.69) is 23.5 Å². The van der Waals surface area contributed by atoms with Crippen molar-refractivity contribution in [3.8, 4) is 17.2 Å². The average Bonchev–Trinajstić information content (AvgIpc) is 3.11. The van der Waals surface area contributed by atoms with Gasteiger partial charge in [-0.25, -0.2) is 0 Å². The van der Waals surface area contributed by atoms with E-state index in [1.807, 2.05) is 34.9 Å². The second-order valence-electron chi connectivity index (χ2n) is 8.44. The van der Waals surface area contributed by atoms with Crippen molar-refractivity contribution in [2.75, 3.05) is 5.32 Å². The van der Waals surface area contributed by atoms with Crippen LogP contribution in [0.4, 0.5) is 5.69 Å². The second-order valence-corrected chi connectivity index (χ2v) is 8.44. The molecule has 2 N–H and O–H groups in total. The zero-order chi connectivity index (χ0) is 20.7. The Kier molecular flexibility index (Phi) is 4.80. The number of aromatic nitrogens is 1. The van der Waals surface area contributed by atoms with Gasteiger partial charge >= 0.3 is 0 Å². The third kappa shape index (κ3) is 3.18. The Labute approximate surface area is 175 Å². The van der Waals surface area contributed by atoms with Crippen LogP contribution in [0.2, 0.25) is 0 Å². The first-order valence-electron chi connectivity index (χ1n) is 10.8. The molecule has 0 saturated heterocycles. The van der Waals surface area contributed by atoms with Gasteiger partial charge in [0, 0.05) is 29.1 Å². The number of anilines is 1.